The molecule has 0 radical (unpaired) electrons. The van der Waals surface area contributed by atoms with E-state index in [0.717, 1.165) is 30.3 Å². The van der Waals surface area contributed by atoms with Crippen molar-refractivity contribution in [2.24, 2.45) is 0 Å². The third-order valence-electron chi connectivity index (χ3n) is 4.88. The topological polar surface area (TPSA) is 88.2 Å². The number of morpholine rings is 1. The molecule has 0 aliphatic carbocycles. The minimum atomic E-state index is -3.56. The first kappa shape index (κ1) is 10.4. The lowest BCUT2D eigenvalue weighted by Crippen LogP contribution is -2.52. The zero-order valence-corrected chi connectivity index (χ0v) is 16.9. The summed E-state index contributed by atoms with van der Waals surface area (Å²) in [5.41, 5.74) is -1.70. The van der Waals surface area contributed by atoms with Crippen molar-refractivity contribution in [3.05, 3.63) is 64.7 Å². The molecule has 0 spiro atoms. The fourth-order valence-corrected chi connectivity index (χ4v) is 3.30. The van der Waals surface area contributed by atoms with Gasteiger partial charge >= 0.3 is 0 Å². The fraction of sp³-hybridized carbons (Fsp3) is 0.400. The first-order valence-electron chi connectivity index (χ1n) is 17.3. The molecule has 5 rings (SSSR count). The van der Waals surface area contributed by atoms with E-state index in [1.165, 1.54) is 12.1 Å². The maximum atomic E-state index is 13.4. The number of nitrogens with zero attached hydrogens (tertiary/aromatic N) is 2. The molecule has 172 valence electrons. The number of hydrogen-bond donors (Lipinski definition) is 1. The molecule has 2 fully saturated rings. The van der Waals surface area contributed by atoms with Crippen molar-refractivity contribution in [3.8, 4) is 5.75 Å². The predicted molar refractivity (Wildman–Crippen MR) is 119 cm³/mol. The fourth-order valence-electron chi connectivity index (χ4n) is 3.30. The second-order valence-corrected chi connectivity index (χ2v) is 7.01. The molecular weight excluding hydrogens is 422 g/mol. The van der Waals surface area contributed by atoms with Crippen molar-refractivity contribution >= 4 is 17.7 Å². The van der Waals surface area contributed by atoms with E-state index in [1.54, 1.807) is 0 Å². The molecule has 8 heteroatoms. The van der Waals surface area contributed by atoms with E-state index in [1.807, 2.05) is 5.32 Å². The Labute approximate surface area is 213 Å². The summed E-state index contributed by atoms with van der Waals surface area (Å²) in [4.78, 5) is 37.8. The van der Waals surface area contributed by atoms with Gasteiger partial charge in [-0.2, -0.15) is 0 Å². The summed E-state index contributed by atoms with van der Waals surface area (Å²) in [6.07, 6.45) is -0.845. The summed E-state index contributed by atoms with van der Waals surface area (Å²) < 4.78 is 134. The number of carbonyl (C=O) groups excluding carboxylic acids is 3. The minimum Gasteiger partial charge on any atom is -0.489 e. The molecule has 0 bridgehead atoms. The Kier molecular flexibility index (Phi) is 2.93. The third-order valence-corrected chi connectivity index (χ3v) is 4.88. The molecule has 8 nitrogen and oxygen atoms in total. The first-order chi connectivity index (χ1) is 21.7. The highest BCUT2D eigenvalue weighted by Gasteiger charge is 2.40. The monoisotopic (exact) mass is 464 g/mol. The average Bonchev–Trinajstić information content (AvgIpc) is 3.14. The molecule has 2 saturated heterocycles. The summed E-state index contributed by atoms with van der Waals surface area (Å²) in [7, 11) is 0. The van der Waals surface area contributed by atoms with E-state index in [-0.39, 0.29) is 22.4 Å². The van der Waals surface area contributed by atoms with Crippen LogP contribution in [0.2, 0.25) is 0 Å². The molecule has 3 aliphatic heterocycles. The third kappa shape index (κ3) is 4.62. The number of hydrogen-bond acceptors (Lipinski definition) is 6. The van der Waals surface area contributed by atoms with Crippen LogP contribution in [0.25, 0.3) is 0 Å². The predicted octanol–water partition coefficient (Wildman–Crippen LogP) is 1.86. The van der Waals surface area contributed by atoms with E-state index < -0.39 is 92.7 Å². The lowest BCUT2D eigenvalue weighted by Gasteiger charge is -2.29. The molecule has 3 heterocycles. The quantitative estimate of drug-likeness (QED) is 0.657. The van der Waals surface area contributed by atoms with Crippen LogP contribution in [0.5, 0.6) is 5.75 Å². The Balaban J connectivity index is 1.48. The van der Waals surface area contributed by atoms with E-state index in [2.05, 4.69) is 4.74 Å². The van der Waals surface area contributed by atoms with E-state index in [9.17, 15) is 14.4 Å². The standard InChI is InChI=1S/C25H27N3O5/c29-23-9-8-21(24(30)26-23)28-15-20-19(25(28)31)2-1-3-22(20)33-16-18-6-4-17(5-7-18)14-27-10-12-32-13-11-27/h1-7,21H,8-16H2,(H,26,29,30)/t21-/m0/s1/i10D2,11D2,12D2,13D2,14D2,15D2,16D2,21D. The Bertz CT molecular complexity index is 1680. The molecule has 2 aromatic rings. The van der Waals surface area contributed by atoms with Gasteiger partial charge in [-0.25, -0.2) is 0 Å². The maximum Gasteiger partial charge on any atom is 0.255 e. The summed E-state index contributed by atoms with van der Waals surface area (Å²) in [5, 5.41) is 1.93. The van der Waals surface area contributed by atoms with Crippen molar-refractivity contribution < 1.29 is 44.4 Å². The summed E-state index contributed by atoms with van der Waals surface area (Å²) >= 11 is 0. The number of amides is 3. The van der Waals surface area contributed by atoms with Crippen LogP contribution >= 0.6 is 0 Å². The van der Waals surface area contributed by atoms with Crippen molar-refractivity contribution in [1.82, 2.24) is 15.1 Å². The zero-order chi connectivity index (χ0) is 36.3. The molecule has 2 aromatic carbocycles. The number of carbonyl (C=O) groups is 3. The lowest BCUT2D eigenvalue weighted by atomic mass is 10.0. The van der Waals surface area contributed by atoms with Crippen LogP contribution in [-0.4, -0.2) is 59.7 Å². The number of piperidine rings is 1. The summed E-state index contributed by atoms with van der Waals surface area (Å²) in [6, 6.07) is 4.83. The molecule has 0 saturated carbocycles. The Morgan fingerprint density at radius 3 is 2.64 bits per heavy atom. The average molecular weight is 465 g/mol. The summed E-state index contributed by atoms with van der Waals surface area (Å²) in [5.74, 6) is -3.49. The van der Waals surface area contributed by atoms with Crippen molar-refractivity contribution in [1.29, 1.82) is 0 Å². The van der Waals surface area contributed by atoms with Crippen molar-refractivity contribution in [3.63, 3.8) is 0 Å². The van der Waals surface area contributed by atoms with Gasteiger partial charge in [-0.15, -0.1) is 0 Å². The summed E-state index contributed by atoms with van der Waals surface area (Å²) in [6.45, 7) is -23.2. The van der Waals surface area contributed by atoms with Crippen LogP contribution in [0, 0.1) is 0 Å². The number of imide groups is 1. The Morgan fingerprint density at radius 1 is 1.12 bits per heavy atom. The smallest absolute Gasteiger partial charge is 0.255 e. The largest absolute Gasteiger partial charge is 0.489 e. The van der Waals surface area contributed by atoms with Crippen LogP contribution in [0.4, 0.5) is 0 Å². The van der Waals surface area contributed by atoms with E-state index >= 15 is 0 Å². The number of nitrogens with one attached hydrogen (secondary N) is 1. The number of benzene rings is 2. The van der Waals surface area contributed by atoms with E-state index in [0.29, 0.717) is 4.90 Å². The molecule has 3 amide bonds. The second kappa shape index (κ2) is 9.33. The number of rotatable bonds is 6. The Hall–Kier alpha value is -3.23. The molecule has 3 aliphatic rings. The highest BCUT2D eigenvalue weighted by Crippen LogP contribution is 2.34. The van der Waals surface area contributed by atoms with Gasteiger partial charge in [0, 0.05) is 45.3 Å². The SMILES string of the molecule is [2H]C([2H])(Oc1cccc2c1C([2H])([2H])N([C@@]1([2H])CCC(=O)NC1=O)C2=O)c1ccc(C([2H])([2H])N2C([2H])([2H])C([2H])([2H])OC([2H])([2H])C2([2H])[2H])cc1. The van der Waals surface area contributed by atoms with Gasteiger partial charge in [0.15, 0.2) is 0 Å². The van der Waals surface area contributed by atoms with Crippen LogP contribution < -0.4 is 10.1 Å². The first-order valence-corrected chi connectivity index (χ1v) is 9.79. The van der Waals surface area contributed by atoms with Crippen LogP contribution in [0.1, 0.15) is 60.5 Å². The molecular formula is C25H27N3O5. The maximum absolute atomic E-state index is 13.4. The number of fused-ring (bicyclic) bond motifs is 1. The van der Waals surface area contributed by atoms with Crippen LogP contribution in [0.15, 0.2) is 42.5 Å². The van der Waals surface area contributed by atoms with Gasteiger partial charge in [-0.1, -0.05) is 30.3 Å². The van der Waals surface area contributed by atoms with Gasteiger partial charge < -0.3 is 14.4 Å². The second-order valence-electron chi connectivity index (χ2n) is 7.01. The lowest BCUT2D eigenvalue weighted by molar-refractivity contribution is -0.136. The normalized spacial score (nSPS) is 38.6. The number of ether oxygens (including phenoxy) is 2. The molecule has 1 atom stereocenters. The van der Waals surface area contributed by atoms with E-state index in [4.69, 9.17) is 25.3 Å². The van der Waals surface area contributed by atoms with Gasteiger partial charge in [0.05, 0.1) is 32.0 Å². The highest BCUT2D eigenvalue weighted by molar-refractivity contribution is 6.05. The Morgan fingerprint density at radius 2 is 1.88 bits per heavy atom. The molecule has 1 N–H and O–H groups in total. The van der Waals surface area contributed by atoms with Gasteiger partial charge in [0.2, 0.25) is 11.8 Å². The van der Waals surface area contributed by atoms with Crippen molar-refractivity contribution in [2.75, 3.05) is 26.1 Å². The van der Waals surface area contributed by atoms with Gasteiger partial charge in [-0.3, -0.25) is 24.6 Å². The zero-order valence-electron chi connectivity index (χ0n) is 31.9. The minimum absolute atomic E-state index is 0.268. The van der Waals surface area contributed by atoms with Gasteiger partial charge in [0.25, 0.3) is 5.91 Å². The van der Waals surface area contributed by atoms with Crippen molar-refractivity contribution in [2.45, 2.75) is 38.4 Å². The van der Waals surface area contributed by atoms with Crippen LogP contribution in [0.3, 0.4) is 0 Å². The molecule has 0 unspecified atom stereocenters. The van der Waals surface area contributed by atoms with Crippen LogP contribution in [-0.2, 0) is 33.9 Å². The van der Waals surface area contributed by atoms with Gasteiger partial charge in [-0.05, 0) is 29.7 Å². The highest BCUT2D eigenvalue weighted by atomic mass is 16.5. The van der Waals surface area contributed by atoms with Gasteiger partial charge in [0.1, 0.15) is 18.3 Å². The molecule has 0 aromatic heterocycles. The molecule has 33 heavy (non-hydrogen) atoms.